The van der Waals surface area contributed by atoms with Crippen LogP contribution in [-0.2, 0) is 4.79 Å². The van der Waals surface area contributed by atoms with Gasteiger partial charge in [0.25, 0.3) is 0 Å². The lowest BCUT2D eigenvalue weighted by molar-refractivity contribution is -0.107. The van der Waals surface area contributed by atoms with E-state index in [1.165, 1.54) is 38.8 Å². The highest BCUT2D eigenvalue weighted by Crippen LogP contribution is 1.85. The first-order chi connectivity index (χ1) is 6.83. The summed E-state index contributed by atoms with van der Waals surface area (Å²) in [5.74, 6) is 0. The molecule has 0 rings (SSSR count). The van der Waals surface area contributed by atoms with Crippen molar-refractivity contribution in [1.29, 1.82) is 0 Å². The molecule has 2 heteroatoms. The quantitative estimate of drug-likeness (QED) is 0.483. The molecule has 0 aliphatic carbocycles. The summed E-state index contributed by atoms with van der Waals surface area (Å²) in [5, 5.41) is 3.39. The molecule has 0 aromatic rings. The topological polar surface area (TPSA) is 29.1 Å². The lowest BCUT2D eigenvalue weighted by Gasteiger charge is -1.99. The summed E-state index contributed by atoms with van der Waals surface area (Å²) in [4.78, 5) is 9.40. The van der Waals surface area contributed by atoms with Crippen molar-refractivity contribution in [2.45, 2.75) is 59.3 Å². The van der Waals surface area contributed by atoms with Gasteiger partial charge in [0, 0.05) is 6.42 Å². The Morgan fingerprint density at radius 1 is 0.929 bits per heavy atom. The first-order valence-corrected chi connectivity index (χ1v) is 5.97. The van der Waals surface area contributed by atoms with Gasteiger partial charge in [-0.3, -0.25) is 0 Å². The smallest absolute Gasteiger partial charge is 0.119 e. The molecule has 14 heavy (non-hydrogen) atoms. The molecule has 0 radical (unpaired) electrons. The van der Waals surface area contributed by atoms with Crippen LogP contribution in [0.1, 0.15) is 59.3 Å². The third-order valence-corrected chi connectivity index (χ3v) is 1.82. The van der Waals surface area contributed by atoms with Gasteiger partial charge >= 0.3 is 0 Å². The van der Waals surface area contributed by atoms with Crippen LogP contribution in [0.15, 0.2) is 0 Å². The summed E-state index contributed by atoms with van der Waals surface area (Å²) in [5.41, 5.74) is 0. The van der Waals surface area contributed by atoms with Crippen LogP contribution >= 0.6 is 0 Å². The summed E-state index contributed by atoms with van der Waals surface area (Å²) < 4.78 is 0. The molecule has 86 valence electrons. The minimum atomic E-state index is 0.708. The normalized spacial score (nSPS) is 9.07. The van der Waals surface area contributed by atoms with Crippen LogP contribution in [0, 0.1) is 0 Å². The van der Waals surface area contributed by atoms with Crippen molar-refractivity contribution in [2.24, 2.45) is 0 Å². The molecule has 0 heterocycles. The van der Waals surface area contributed by atoms with Crippen molar-refractivity contribution in [3.05, 3.63) is 0 Å². The van der Waals surface area contributed by atoms with Crippen molar-refractivity contribution in [3.8, 4) is 0 Å². The van der Waals surface area contributed by atoms with Gasteiger partial charge in [0.15, 0.2) is 0 Å². The van der Waals surface area contributed by atoms with Gasteiger partial charge in [0.05, 0.1) is 0 Å². The summed E-state index contributed by atoms with van der Waals surface area (Å²) in [6.07, 6.45) is 7.87. The monoisotopic (exact) mass is 201 g/mol. The van der Waals surface area contributed by atoms with E-state index in [4.69, 9.17) is 0 Å². The molecule has 0 bridgehead atoms. The summed E-state index contributed by atoms with van der Waals surface area (Å²) in [6, 6.07) is 0. The fraction of sp³-hybridized carbons (Fsp3) is 0.917. The molecule has 0 aliphatic heterocycles. The maximum atomic E-state index is 9.40. The second-order valence-electron chi connectivity index (χ2n) is 3.41. The zero-order valence-electron chi connectivity index (χ0n) is 10.1. The van der Waals surface area contributed by atoms with Crippen molar-refractivity contribution in [1.82, 2.24) is 5.32 Å². The second-order valence-corrected chi connectivity index (χ2v) is 3.41. The van der Waals surface area contributed by atoms with Gasteiger partial charge in [0.2, 0.25) is 0 Å². The zero-order valence-corrected chi connectivity index (χ0v) is 10.1. The van der Waals surface area contributed by atoms with E-state index < -0.39 is 0 Å². The van der Waals surface area contributed by atoms with E-state index >= 15 is 0 Å². The molecule has 0 aromatic carbocycles. The summed E-state index contributed by atoms with van der Waals surface area (Å²) in [7, 11) is 0. The molecule has 0 saturated carbocycles. The van der Waals surface area contributed by atoms with E-state index in [2.05, 4.69) is 19.2 Å². The Morgan fingerprint density at radius 2 is 1.43 bits per heavy atom. The van der Waals surface area contributed by atoms with Crippen LogP contribution in [0.5, 0.6) is 0 Å². The number of hydrogen-bond acceptors (Lipinski definition) is 2. The molecule has 0 fully saturated rings. The lowest BCUT2D eigenvalue weighted by Crippen LogP contribution is -2.15. The Balaban J connectivity index is 0. The van der Waals surface area contributed by atoms with E-state index in [1.807, 2.05) is 6.92 Å². The van der Waals surface area contributed by atoms with Gasteiger partial charge < -0.3 is 10.1 Å². The molecule has 0 atom stereocenters. The number of rotatable bonds is 8. The highest BCUT2D eigenvalue weighted by atomic mass is 16.1. The van der Waals surface area contributed by atoms with Crippen LogP contribution in [-0.4, -0.2) is 19.4 Å². The standard InChI is InChI=1S/C8H19N.C4H8O/c1-3-5-7-9-8-6-4-2;1-2-3-4-5/h9H,3-8H2,1-2H3;4H,2-3H2,1H3. The average Bonchev–Trinajstić information content (AvgIpc) is 2.20. The van der Waals surface area contributed by atoms with Crippen LogP contribution < -0.4 is 5.32 Å². The predicted molar refractivity (Wildman–Crippen MR) is 63.7 cm³/mol. The largest absolute Gasteiger partial charge is 0.317 e. The fourth-order valence-corrected chi connectivity index (χ4v) is 0.846. The Kier molecular flexibility index (Phi) is 21.2. The third-order valence-electron chi connectivity index (χ3n) is 1.82. The molecule has 0 saturated heterocycles. The van der Waals surface area contributed by atoms with Crippen molar-refractivity contribution in [3.63, 3.8) is 0 Å². The molecule has 0 amide bonds. The second kappa shape index (κ2) is 18.4. The van der Waals surface area contributed by atoms with Crippen LogP contribution in [0.25, 0.3) is 0 Å². The highest BCUT2D eigenvalue weighted by molar-refractivity contribution is 5.48. The predicted octanol–water partition coefficient (Wildman–Crippen LogP) is 3.16. The number of hydrogen-bond donors (Lipinski definition) is 1. The van der Waals surface area contributed by atoms with Gasteiger partial charge in [0.1, 0.15) is 6.29 Å². The molecular weight excluding hydrogens is 174 g/mol. The van der Waals surface area contributed by atoms with Gasteiger partial charge in [-0.05, 0) is 32.4 Å². The summed E-state index contributed by atoms with van der Waals surface area (Å²) >= 11 is 0. The van der Waals surface area contributed by atoms with Crippen molar-refractivity contribution < 1.29 is 4.79 Å². The Labute approximate surface area is 89.5 Å². The minimum absolute atomic E-state index is 0.708. The minimum Gasteiger partial charge on any atom is -0.317 e. The van der Waals surface area contributed by atoms with Crippen molar-refractivity contribution in [2.75, 3.05) is 13.1 Å². The number of unbranched alkanes of at least 4 members (excludes halogenated alkanes) is 3. The maximum Gasteiger partial charge on any atom is 0.119 e. The van der Waals surface area contributed by atoms with Crippen LogP contribution in [0.4, 0.5) is 0 Å². The number of nitrogens with one attached hydrogen (secondary N) is 1. The van der Waals surface area contributed by atoms with Crippen molar-refractivity contribution >= 4 is 6.29 Å². The number of carbonyl (C=O) groups excluding carboxylic acids is 1. The Hall–Kier alpha value is -0.370. The average molecular weight is 201 g/mol. The van der Waals surface area contributed by atoms with Gasteiger partial charge in [-0.1, -0.05) is 33.6 Å². The SMILES string of the molecule is CCCC=O.CCCCNCCCC. The first kappa shape index (κ1) is 16.1. The molecule has 0 aliphatic rings. The Bertz CT molecular complexity index is 88.3. The van der Waals surface area contributed by atoms with E-state index in [-0.39, 0.29) is 0 Å². The summed E-state index contributed by atoms with van der Waals surface area (Å²) in [6.45, 7) is 8.84. The molecule has 0 spiro atoms. The lowest BCUT2D eigenvalue weighted by atomic mass is 10.3. The van der Waals surface area contributed by atoms with E-state index in [9.17, 15) is 4.79 Å². The number of aldehydes is 1. The van der Waals surface area contributed by atoms with Gasteiger partial charge in [-0.25, -0.2) is 0 Å². The first-order valence-electron chi connectivity index (χ1n) is 5.97. The molecule has 2 nitrogen and oxygen atoms in total. The van der Waals surface area contributed by atoms with Gasteiger partial charge in [-0.2, -0.15) is 0 Å². The number of carbonyl (C=O) groups is 1. The van der Waals surface area contributed by atoms with Crippen LogP contribution in [0.2, 0.25) is 0 Å². The van der Waals surface area contributed by atoms with E-state index in [1.54, 1.807) is 0 Å². The third kappa shape index (κ3) is 22.6. The Morgan fingerprint density at radius 3 is 1.64 bits per heavy atom. The molecule has 0 aromatic heterocycles. The van der Waals surface area contributed by atoms with Crippen LogP contribution in [0.3, 0.4) is 0 Å². The zero-order chi connectivity index (χ0) is 11.1. The fourth-order valence-electron chi connectivity index (χ4n) is 0.846. The highest BCUT2D eigenvalue weighted by Gasteiger charge is 1.83. The molecule has 1 N–H and O–H groups in total. The maximum absolute atomic E-state index is 9.40. The van der Waals surface area contributed by atoms with Gasteiger partial charge in [-0.15, -0.1) is 0 Å². The van der Waals surface area contributed by atoms with E-state index in [0.29, 0.717) is 6.42 Å². The molecule has 0 unspecified atom stereocenters. The van der Waals surface area contributed by atoms with E-state index in [0.717, 1.165) is 12.7 Å². The molecular formula is C12H27NO.